The topological polar surface area (TPSA) is 94.3 Å². The molecule has 0 spiro atoms. The third-order valence-corrected chi connectivity index (χ3v) is 6.55. The van der Waals surface area contributed by atoms with Gasteiger partial charge in [0.05, 0.1) is 7.11 Å². The second-order valence-electron chi connectivity index (χ2n) is 7.05. The van der Waals surface area contributed by atoms with Gasteiger partial charge >= 0.3 is 0 Å². The van der Waals surface area contributed by atoms with E-state index in [-0.39, 0.29) is 10.9 Å². The molecular weight excluding hydrogens is 354 g/mol. The lowest BCUT2D eigenvalue weighted by molar-refractivity contribution is 0.385. The van der Waals surface area contributed by atoms with Gasteiger partial charge in [0.2, 0.25) is 10.0 Å². The zero-order valence-corrected chi connectivity index (χ0v) is 15.6. The summed E-state index contributed by atoms with van der Waals surface area (Å²) in [4.78, 5) is 4.62. The number of nitrogens with zero attached hydrogens (tertiary/aromatic N) is 2. The predicted octanol–water partition coefficient (Wildman–Crippen LogP) is 3.23. The number of aromatic nitrogens is 2. The molecular formula is C18H23N3O4S. The minimum Gasteiger partial charge on any atom is -0.495 e. The Labute approximate surface area is 153 Å². The summed E-state index contributed by atoms with van der Waals surface area (Å²) in [5, 5.41) is 4.13. The van der Waals surface area contributed by atoms with Crippen molar-refractivity contribution < 1.29 is 17.7 Å². The number of methoxy groups -OCH3 is 1. The van der Waals surface area contributed by atoms with E-state index < -0.39 is 10.0 Å². The number of ether oxygens (including phenoxy) is 1. The largest absolute Gasteiger partial charge is 0.495 e. The van der Waals surface area contributed by atoms with E-state index in [2.05, 4.69) is 14.9 Å². The number of hydrogen-bond acceptors (Lipinski definition) is 6. The fourth-order valence-corrected chi connectivity index (χ4v) is 4.88. The van der Waals surface area contributed by atoms with Gasteiger partial charge in [0.25, 0.3) is 5.89 Å². The molecule has 2 fully saturated rings. The number of nitrogens with one attached hydrogen (secondary N) is 1. The quantitative estimate of drug-likeness (QED) is 0.830. The Kier molecular flexibility index (Phi) is 4.71. The van der Waals surface area contributed by atoms with Crippen molar-refractivity contribution in [2.24, 2.45) is 0 Å². The number of rotatable bonds is 6. The van der Waals surface area contributed by atoms with Gasteiger partial charge in [0.1, 0.15) is 10.6 Å². The Morgan fingerprint density at radius 3 is 2.62 bits per heavy atom. The van der Waals surface area contributed by atoms with E-state index in [4.69, 9.17) is 9.26 Å². The first-order valence-corrected chi connectivity index (χ1v) is 10.6. The lowest BCUT2D eigenvalue weighted by atomic mass is 9.89. The second-order valence-corrected chi connectivity index (χ2v) is 8.74. The summed E-state index contributed by atoms with van der Waals surface area (Å²) in [6.07, 6.45) is 7.53. The molecule has 4 rings (SSSR count). The van der Waals surface area contributed by atoms with Gasteiger partial charge in [-0.25, -0.2) is 13.1 Å². The van der Waals surface area contributed by atoms with E-state index in [9.17, 15) is 8.42 Å². The van der Waals surface area contributed by atoms with Crippen LogP contribution < -0.4 is 9.46 Å². The van der Waals surface area contributed by atoms with E-state index in [0.29, 0.717) is 23.1 Å². The lowest BCUT2D eigenvalue weighted by Crippen LogP contribution is -2.26. The lowest BCUT2D eigenvalue weighted by Gasteiger charge is -2.17. The van der Waals surface area contributed by atoms with Gasteiger partial charge in [-0.2, -0.15) is 4.98 Å². The molecule has 1 N–H and O–H groups in total. The standard InChI is InChI=1S/C18H23N3O4S/c1-24-15-10-7-13(11-16(15)26(22,23)21-14-8-9-14)18-19-17(20-25-18)12-5-3-2-4-6-12/h7,10-12,14,21H,2-6,8-9H2,1H3. The molecule has 2 aliphatic carbocycles. The summed E-state index contributed by atoms with van der Waals surface area (Å²) < 4.78 is 38.6. The minimum absolute atomic E-state index is 0.0228. The second kappa shape index (κ2) is 7.00. The normalized spacial score (nSPS) is 18.8. The summed E-state index contributed by atoms with van der Waals surface area (Å²) in [6, 6.07) is 4.94. The van der Waals surface area contributed by atoms with Crippen molar-refractivity contribution in [2.45, 2.75) is 61.8 Å². The van der Waals surface area contributed by atoms with Crippen molar-refractivity contribution in [2.75, 3.05) is 7.11 Å². The molecule has 1 heterocycles. The van der Waals surface area contributed by atoms with Crippen LogP contribution in [0.5, 0.6) is 5.75 Å². The predicted molar refractivity (Wildman–Crippen MR) is 95.5 cm³/mol. The Morgan fingerprint density at radius 1 is 1.15 bits per heavy atom. The molecule has 2 aliphatic rings. The highest BCUT2D eigenvalue weighted by Gasteiger charge is 2.30. The SMILES string of the molecule is COc1ccc(-c2nc(C3CCCCC3)no2)cc1S(=O)(=O)NC1CC1. The van der Waals surface area contributed by atoms with Crippen molar-refractivity contribution in [3.05, 3.63) is 24.0 Å². The molecule has 0 atom stereocenters. The highest BCUT2D eigenvalue weighted by molar-refractivity contribution is 7.89. The van der Waals surface area contributed by atoms with E-state index in [1.807, 2.05) is 0 Å². The minimum atomic E-state index is -3.65. The third-order valence-electron chi connectivity index (χ3n) is 5.01. The van der Waals surface area contributed by atoms with Crippen LogP contribution in [0.25, 0.3) is 11.5 Å². The molecule has 0 amide bonds. The van der Waals surface area contributed by atoms with Crippen LogP contribution in [0.3, 0.4) is 0 Å². The fourth-order valence-electron chi connectivity index (χ4n) is 3.38. The van der Waals surface area contributed by atoms with Crippen LogP contribution in [0.2, 0.25) is 0 Å². The summed E-state index contributed by atoms with van der Waals surface area (Å²) in [6.45, 7) is 0. The Bertz CT molecular complexity index is 884. The highest BCUT2D eigenvalue weighted by atomic mass is 32.2. The molecule has 1 aromatic heterocycles. The van der Waals surface area contributed by atoms with Crippen molar-refractivity contribution in [3.63, 3.8) is 0 Å². The van der Waals surface area contributed by atoms with Gasteiger partial charge in [-0.15, -0.1) is 0 Å². The molecule has 0 saturated heterocycles. The van der Waals surface area contributed by atoms with Crippen molar-refractivity contribution in [1.29, 1.82) is 0 Å². The fraction of sp³-hybridized carbons (Fsp3) is 0.556. The third kappa shape index (κ3) is 3.61. The van der Waals surface area contributed by atoms with Gasteiger partial charge in [0, 0.05) is 17.5 Å². The summed E-state index contributed by atoms with van der Waals surface area (Å²) >= 11 is 0. The number of hydrogen-bond donors (Lipinski definition) is 1. The Hall–Kier alpha value is -1.93. The molecule has 7 nitrogen and oxygen atoms in total. The molecule has 0 aliphatic heterocycles. The molecule has 8 heteroatoms. The molecule has 1 aromatic carbocycles. The van der Waals surface area contributed by atoms with E-state index >= 15 is 0 Å². The maximum atomic E-state index is 12.6. The van der Waals surface area contributed by atoms with Crippen LogP contribution >= 0.6 is 0 Å². The van der Waals surface area contributed by atoms with Crippen LogP contribution in [-0.2, 0) is 10.0 Å². The van der Waals surface area contributed by atoms with E-state index in [1.54, 1.807) is 18.2 Å². The van der Waals surface area contributed by atoms with Crippen molar-refractivity contribution in [1.82, 2.24) is 14.9 Å². The first-order chi connectivity index (χ1) is 12.6. The van der Waals surface area contributed by atoms with Crippen LogP contribution in [0, 0.1) is 0 Å². The number of sulfonamides is 1. The average molecular weight is 377 g/mol. The van der Waals surface area contributed by atoms with Gasteiger partial charge in [-0.05, 0) is 43.9 Å². The highest BCUT2D eigenvalue weighted by Crippen LogP contribution is 2.34. The first-order valence-electron chi connectivity index (χ1n) is 9.11. The zero-order chi connectivity index (χ0) is 18.1. The van der Waals surface area contributed by atoms with Crippen molar-refractivity contribution >= 4 is 10.0 Å². The maximum Gasteiger partial charge on any atom is 0.257 e. The monoisotopic (exact) mass is 377 g/mol. The average Bonchev–Trinajstić information content (AvgIpc) is 3.32. The van der Waals surface area contributed by atoms with Gasteiger partial charge in [-0.3, -0.25) is 0 Å². The molecule has 2 aromatic rings. The molecule has 0 unspecified atom stereocenters. The summed E-state index contributed by atoms with van der Waals surface area (Å²) in [5.74, 6) is 1.69. The van der Waals surface area contributed by atoms with Gasteiger partial charge in [-0.1, -0.05) is 24.4 Å². The molecule has 140 valence electrons. The van der Waals surface area contributed by atoms with Crippen LogP contribution in [0.4, 0.5) is 0 Å². The van der Waals surface area contributed by atoms with Gasteiger partial charge < -0.3 is 9.26 Å². The summed E-state index contributed by atoms with van der Waals surface area (Å²) in [5.41, 5.74) is 0.580. The van der Waals surface area contributed by atoms with E-state index in [0.717, 1.165) is 31.5 Å². The van der Waals surface area contributed by atoms with E-state index in [1.165, 1.54) is 26.4 Å². The van der Waals surface area contributed by atoms with Crippen LogP contribution in [0.1, 0.15) is 56.7 Å². The van der Waals surface area contributed by atoms with Crippen LogP contribution in [-0.4, -0.2) is 31.7 Å². The Morgan fingerprint density at radius 2 is 1.92 bits per heavy atom. The van der Waals surface area contributed by atoms with Crippen molar-refractivity contribution in [3.8, 4) is 17.2 Å². The number of benzene rings is 1. The molecule has 2 saturated carbocycles. The molecule has 0 radical (unpaired) electrons. The Balaban J connectivity index is 1.64. The smallest absolute Gasteiger partial charge is 0.257 e. The maximum absolute atomic E-state index is 12.6. The summed E-state index contributed by atoms with van der Waals surface area (Å²) in [7, 11) is -2.19. The first kappa shape index (κ1) is 17.5. The zero-order valence-electron chi connectivity index (χ0n) is 14.8. The van der Waals surface area contributed by atoms with Crippen LogP contribution in [0.15, 0.2) is 27.6 Å². The molecule has 26 heavy (non-hydrogen) atoms. The molecule has 0 bridgehead atoms. The van der Waals surface area contributed by atoms with Gasteiger partial charge in [0.15, 0.2) is 5.82 Å².